The summed E-state index contributed by atoms with van der Waals surface area (Å²) in [6.45, 7) is 0.564. The van der Waals surface area contributed by atoms with Gasteiger partial charge in [0.1, 0.15) is 6.61 Å². The number of aliphatic hydroxyl groups excluding tert-OH is 3. The molecule has 37 heavy (non-hydrogen) atoms. The van der Waals surface area contributed by atoms with E-state index in [9.17, 15) is 30.2 Å². The zero-order valence-corrected chi connectivity index (χ0v) is 22.3. The van der Waals surface area contributed by atoms with Crippen LogP contribution < -0.4 is 5.32 Å². The Morgan fingerprint density at radius 2 is 1.92 bits per heavy atom. The summed E-state index contributed by atoms with van der Waals surface area (Å²) in [5, 5.41) is 43.4. The van der Waals surface area contributed by atoms with Gasteiger partial charge in [-0.2, -0.15) is 11.8 Å². The maximum atomic E-state index is 11.9. The summed E-state index contributed by atoms with van der Waals surface area (Å²) in [7, 11) is 0. The van der Waals surface area contributed by atoms with Gasteiger partial charge in [-0.15, -0.1) is 10.1 Å². The largest absolute Gasteiger partial charge is 0.393 e. The van der Waals surface area contributed by atoms with Gasteiger partial charge in [-0.1, -0.05) is 42.5 Å². The fourth-order valence-corrected chi connectivity index (χ4v) is 5.43. The molecule has 208 valence electrons. The molecule has 4 N–H and O–H groups in total. The van der Waals surface area contributed by atoms with Gasteiger partial charge in [0.2, 0.25) is 5.91 Å². The number of thioether (sulfide) groups is 1. The number of hydrogen-bond acceptors (Lipinski definition) is 8. The van der Waals surface area contributed by atoms with E-state index in [-0.39, 0.29) is 24.3 Å². The summed E-state index contributed by atoms with van der Waals surface area (Å²) in [6.07, 6.45) is 8.32. The molecule has 0 aliphatic heterocycles. The van der Waals surface area contributed by atoms with Crippen LogP contribution in [0.2, 0.25) is 0 Å². The molecule has 1 aromatic rings. The first-order chi connectivity index (χ1) is 17.9. The molecule has 0 heterocycles. The summed E-state index contributed by atoms with van der Waals surface area (Å²) in [5.41, 5.74) is 1.20. The summed E-state index contributed by atoms with van der Waals surface area (Å²) >= 11 is 1.48. The highest BCUT2D eigenvalue weighted by Crippen LogP contribution is 2.38. The van der Waals surface area contributed by atoms with Crippen molar-refractivity contribution in [2.24, 2.45) is 11.8 Å². The summed E-state index contributed by atoms with van der Waals surface area (Å²) < 4.78 is 0. The van der Waals surface area contributed by atoms with Gasteiger partial charge in [-0.05, 0) is 68.8 Å². The molecule has 1 aliphatic rings. The van der Waals surface area contributed by atoms with Crippen LogP contribution in [0, 0.1) is 22.0 Å². The minimum absolute atomic E-state index is 0.0178. The number of allylic oxidation sites excluding steroid dienone is 2. The molecule has 1 amide bonds. The van der Waals surface area contributed by atoms with Gasteiger partial charge in [-0.25, -0.2) is 0 Å². The Labute approximate surface area is 223 Å². The molecule has 0 unspecified atom stereocenters. The predicted octanol–water partition coefficient (Wildman–Crippen LogP) is 3.29. The van der Waals surface area contributed by atoms with Gasteiger partial charge in [0, 0.05) is 24.5 Å². The number of aliphatic hydroxyl groups is 3. The van der Waals surface area contributed by atoms with E-state index in [0.29, 0.717) is 56.6 Å². The molecule has 1 fully saturated rings. The molecular formula is C27H42N2O7S. The number of nitrogens with one attached hydrogen (secondary N) is 1. The number of rotatable bonds is 19. The molecule has 0 bridgehead atoms. The number of carbonyl (C=O) groups is 1. The second-order valence-corrected chi connectivity index (χ2v) is 10.8. The van der Waals surface area contributed by atoms with Gasteiger partial charge in [0.15, 0.2) is 0 Å². The fraction of sp³-hybridized carbons (Fsp3) is 0.667. The van der Waals surface area contributed by atoms with Gasteiger partial charge in [0.05, 0.1) is 18.3 Å². The zero-order valence-electron chi connectivity index (χ0n) is 21.5. The molecule has 2 rings (SSSR count). The zero-order chi connectivity index (χ0) is 26.9. The Morgan fingerprint density at radius 3 is 2.68 bits per heavy atom. The highest BCUT2D eigenvalue weighted by molar-refractivity contribution is 7.99. The normalized spacial score (nSPS) is 22.2. The van der Waals surface area contributed by atoms with Crippen LogP contribution in [0.15, 0.2) is 42.5 Å². The number of nitrogens with zero attached hydrogens (tertiary/aromatic N) is 1. The second kappa shape index (κ2) is 18.2. The van der Waals surface area contributed by atoms with E-state index >= 15 is 0 Å². The van der Waals surface area contributed by atoms with Crippen molar-refractivity contribution in [3.05, 3.63) is 58.2 Å². The number of carbonyl (C=O) groups excluding carboxylic acids is 1. The van der Waals surface area contributed by atoms with Crippen LogP contribution in [0.3, 0.4) is 0 Å². The first kappa shape index (κ1) is 31.1. The average Bonchev–Trinajstić information content (AvgIpc) is 3.15. The molecule has 1 aliphatic carbocycles. The van der Waals surface area contributed by atoms with Crippen molar-refractivity contribution in [3.8, 4) is 0 Å². The summed E-state index contributed by atoms with van der Waals surface area (Å²) in [4.78, 5) is 26.2. The van der Waals surface area contributed by atoms with Crippen molar-refractivity contribution in [2.45, 2.75) is 76.1 Å². The summed E-state index contributed by atoms with van der Waals surface area (Å²) in [6, 6.07) is 10.1. The lowest BCUT2D eigenvalue weighted by Gasteiger charge is -2.23. The first-order valence-electron chi connectivity index (χ1n) is 13.2. The number of hydrogen-bond donors (Lipinski definition) is 4. The van der Waals surface area contributed by atoms with Crippen molar-refractivity contribution >= 4 is 17.7 Å². The lowest BCUT2D eigenvalue weighted by atomic mass is 9.85. The van der Waals surface area contributed by atoms with Gasteiger partial charge < -0.3 is 25.5 Å². The Balaban J connectivity index is 1.57. The Morgan fingerprint density at radius 1 is 1.16 bits per heavy atom. The van der Waals surface area contributed by atoms with Crippen LogP contribution in [0.1, 0.15) is 56.9 Å². The fourth-order valence-electron chi connectivity index (χ4n) is 4.79. The third kappa shape index (κ3) is 13.3. The Kier molecular flexibility index (Phi) is 15.3. The summed E-state index contributed by atoms with van der Waals surface area (Å²) in [5.74, 6) is 1.11. The predicted molar refractivity (Wildman–Crippen MR) is 145 cm³/mol. The molecule has 0 saturated heterocycles. The Bertz CT molecular complexity index is 811. The topological polar surface area (TPSA) is 142 Å². The molecule has 1 aromatic carbocycles. The first-order valence-corrected chi connectivity index (χ1v) is 14.4. The minimum Gasteiger partial charge on any atom is -0.393 e. The highest BCUT2D eigenvalue weighted by atomic mass is 32.2. The number of amides is 1. The van der Waals surface area contributed by atoms with Crippen LogP contribution in [-0.2, 0) is 16.1 Å². The van der Waals surface area contributed by atoms with Gasteiger partial charge in [-0.3, -0.25) is 4.79 Å². The molecule has 10 heteroatoms. The number of benzene rings is 1. The third-order valence-electron chi connectivity index (χ3n) is 6.81. The standard InChI is InChI=1S/C27H42N2O7S/c30-22(13-12-21-8-4-3-5-9-21)14-15-24-23(25(31)20-26(24)32)10-6-1-2-7-11-27(33)28-16-18-37-19-17-36-29(34)35/h1,3-6,8-9,22-26,30-32H,2,7,10-20H2,(H,28,33)/b6-1-/t22-,23+,24+,25-,26+/m0/s1. The molecule has 9 nitrogen and oxygen atoms in total. The van der Waals surface area contributed by atoms with Crippen LogP contribution >= 0.6 is 11.8 Å². The second-order valence-electron chi connectivity index (χ2n) is 9.57. The lowest BCUT2D eigenvalue weighted by Crippen LogP contribution is -2.25. The number of unbranched alkanes of at least 4 members (excludes halogenated alkanes) is 1. The molecular weight excluding hydrogens is 496 g/mol. The number of aryl methyl sites for hydroxylation is 1. The quantitative estimate of drug-likeness (QED) is 0.0910. The van der Waals surface area contributed by atoms with Crippen molar-refractivity contribution in [1.29, 1.82) is 0 Å². The van der Waals surface area contributed by atoms with E-state index in [0.717, 1.165) is 19.3 Å². The lowest BCUT2D eigenvalue weighted by molar-refractivity contribution is -0.756. The SMILES string of the molecule is O=C(CCC/C=C\C[C@@H]1[C@@H](CC[C@@H](O)CCc2ccccc2)[C@H](O)C[C@@H]1O)NCCSCCO[N+](=O)[O-]. The van der Waals surface area contributed by atoms with Gasteiger partial charge >= 0.3 is 0 Å². The molecule has 1 saturated carbocycles. The van der Waals surface area contributed by atoms with Crippen LogP contribution in [-0.4, -0.2) is 69.3 Å². The smallest absolute Gasteiger partial charge is 0.294 e. The van der Waals surface area contributed by atoms with Crippen LogP contribution in [0.5, 0.6) is 0 Å². The maximum Gasteiger partial charge on any atom is 0.294 e. The van der Waals surface area contributed by atoms with Crippen molar-refractivity contribution in [1.82, 2.24) is 5.32 Å². The average molecular weight is 539 g/mol. The van der Waals surface area contributed by atoms with E-state index in [2.05, 4.69) is 22.3 Å². The van der Waals surface area contributed by atoms with Crippen LogP contribution in [0.25, 0.3) is 0 Å². The van der Waals surface area contributed by atoms with E-state index < -0.39 is 23.4 Å². The van der Waals surface area contributed by atoms with E-state index in [1.165, 1.54) is 17.3 Å². The van der Waals surface area contributed by atoms with E-state index in [1.54, 1.807) is 0 Å². The maximum absolute atomic E-state index is 11.9. The molecule has 5 atom stereocenters. The van der Waals surface area contributed by atoms with E-state index in [4.69, 9.17) is 0 Å². The monoisotopic (exact) mass is 538 g/mol. The minimum atomic E-state index is -0.811. The molecule has 0 spiro atoms. The Hall–Kier alpha value is -2.14. The van der Waals surface area contributed by atoms with Gasteiger partial charge in [0.25, 0.3) is 5.09 Å². The van der Waals surface area contributed by atoms with Crippen LogP contribution in [0.4, 0.5) is 0 Å². The van der Waals surface area contributed by atoms with Crippen molar-refractivity contribution in [3.63, 3.8) is 0 Å². The highest BCUT2D eigenvalue weighted by Gasteiger charge is 2.40. The van der Waals surface area contributed by atoms with Crippen molar-refractivity contribution in [2.75, 3.05) is 24.7 Å². The van der Waals surface area contributed by atoms with Crippen molar-refractivity contribution < 1.29 is 30.0 Å². The third-order valence-corrected chi connectivity index (χ3v) is 7.75. The molecule has 0 radical (unpaired) electrons. The van der Waals surface area contributed by atoms with E-state index in [1.807, 2.05) is 30.4 Å². The molecule has 0 aromatic heterocycles.